The molecule has 0 spiro atoms. The zero-order chi connectivity index (χ0) is 14.6. The Hall–Kier alpha value is -1.07. The normalized spacial score (nSPS) is 15.7. The van der Waals surface area contributed by atoms with E-state index in [1.165, 1.54) is 31.4 Å². The van der Waals surface area contributed by atoms with Crippen LogP contribution in [0.3, 0.4) is 0 Å². The highest BCUT2D eigenvalue weighted by atomic mass is 35.7. The fourth-order valence-corrected chi connectivity index (χ4v) is 2.97. The lowest BCUT2D eigenvalue weighted by atomic mass is 9.83. The van der Waals surface area contributed by atoms with Crippen molar-refractivity contribution in [1.82, 2.24) is 5.32 Å². The van der Waals surface area contributed by atoms with Crippen molar-refractivity contribution in [2.24, 2.45) is 5.92 Å². The van der Waals surface area contributed by atoms with E-state index >= 15 is 0 Å². The lowest BCUT2D eigenvalue weighted by molar-refractivity contribution is -0.122. The van der Waals surface area contributed by atoms with Crippen LogP contribution >= 0.6 is 10.7 Å². The highest BCUT2D eigenvalue weighted by molar-refractivity contribution is 8.13. The van der Waals surface area contributed by atoms with Crippen molar-refractivity contribution in [1.29, 1.82) is 0 Å². The van der Waals surface area contributed by atoms with Crippen molar-refractivity contribution in [2.45, 2.75) is 37.0 Å². The highest BCUT2D eigenvalue weighted by Gasteiger charge is 2.20. The quantitative estimate of drug-likeness (QED) is 0.820. The molecule has 1 aromatic rings. The molecule has 1 saturated carbocycles. The van der Waals surface area contributed by atoms with Crippen LogP contribution in [-0.4, -0.2) is 20.9 Å². The zero-order valence-corrected chi connectivity index (χ0v) is 12.7. The number of halogens is 1. The van der Waals surface area contributed by atoms with Crippen LogP contribution in [0.25, 0.3) is 0 Å². The first-order valence-corrected chi connectivity index (χ1v) is 9.06. The average molecular weight is 316 g/mol. The Bertz CT molecular complexity index is 565. The van der Waals surface area contributed by atoms with Crippen LogP contribution in [0.15, 0.2) is 29.2 Å². The number of amides is 1. The topological polar surface area (TPSA) is 63.2 Å². The van der Waals surface area contributed by atoms with Gasteiger partial charge in [-0.15, -0.1) is 0 Å². The SMILES string of the molecule is O=C(CC1CCC1)NCCc1ccc(S(=O)(=O)Cl)cc1. The number of benzene rings is 1. The van der Waals surface area contributed by atoms with Gasteiger partial charge in [-0.1, -0.05) is 18.6 Å². The number of carbonyl (C=O) groups excluding carboxylic acids is 1. The van der Waals surface area contributed by atoms with Gasteiger partial charge in [0.15, 0.2) is 0 Å². The molecule has 0 aromatic heterocycles. The van der Waals surface area contributed by atoms with E-state index in [2.05, 4.69) is 5.32 Å². The van der Waals surface area contributed by atoms with Gasteiger partial charge in [0.2, 0.25) is 5.91 Å². The molecule has 0 unspecified atom stereocenters. The van der Waals surface area contributed by atoms with Crippen LogP contribution < -0.4 is 5.32 Å². The molecule has 1 aliphatic rings. The summed E-state index contributed by atoms with van der Waals surface area (Å²) < 4.78 is 22.2. The van der Waals surface area contributed by atoms with Gasteiger partial charge in [-0.25, -0.2) is 8.42 Å². The molecule has 0 bridgehead atoms. The fourth-order valence-electron chi connectivity index (χ4n) is 2.20. The van der Waals surface area contributed by atoms with Gasteiger partial charge >= 0.3 is 0 Å². The number of nitrogens with one attached hydrogen (secondary N) is 1. The Labute approximate surface area is 123 Å². The van der Waals surface area contributed by atoms with Crippen molar-refractivity contribution in [2.75, 3.05) is 6.54 Å². The summed E-state index contributed by atoms with van der Waals surface area (Å²) >= 11 is 0. The molecule has 2 rings (SSSR count). The molecule has 1 aliphatic carbocycles. The molecule has 1 amide bonds. The van der Waals surface area contributed by atoms with Crippen LogP contribution in [0.4, 0.5) is 0 Å². The van der Waals surface area contributed by atoms with E-state index in [4.69, 9.17) is 10.7 Å². The standard InChI is InChI=1S/C14H18ClNO3S/c15-20(18,19)13-6-4-11(5-7-13)8-9-16-14(17)10-12-2-1-3-12/h4-7,12H,1-3,8-10H2,(H,16,17). The number of rotatable bonds is 6. The van der Waals surface area contributed by atoms with Crippen molar-refractivity contribution < 1.29 is 13.2 Å². The summed E-state index contributed by atoms with van der Waals surface area (Å²) in [4.78, 5) is 11.7. The third-order valence-electron chi connectivity index (χ3n) is 3.64. The zero-order valence-electron chi connectivity index (χ0n) is 11.1. The monoisotopic (exact) mass is 315 g/mol. The summed E-state index contributed by atoms with van der Waals surface area (Å²) in [7, 11) is 1.58. The summed E-state index contributed by atoms with van der Waals surface area (Å²) in [5.74, 6) is 0.679. The summed E-state index contributed by atoms with van der Waals surface area (Å²) in [6.45, 7) is 0.568. The number of hydrogen-bond acceptors (Lipinski definition) is 3. The lowest BCUT2D eigenvalue weighted by Gasteiger charge is -2.24. The van der Waals surface area contributed by atoms with E-state index in [1.54, 1.807) is 12.1 Å². The molecule has 1 aromatic carbocycles. The predicted molar refractivity (Wildman–Crippen MR) is 78.2 cm³/mol. The van der Waals surface area contributed by atoms with E-state index < -0.39 is 9.05 Å². The van der Waals surface area contributed by atoms with Crippen LogP contribution in [0.1, 0.15) is 31.2 Å². The molecule has 1 fully saturated rings. The molecule has 6 heteroatoms. The second-order valence-corrected chi connectivity index (χ2v) is 7.75. The maximum Gasteiger partial charge on any atom is 0.261 e. The van der Waals surface area contributed by atoms with Gasteiger partial charge in [0, 0.05) is 23.6 Å². The molecule has 0 saturated heterocycles. The summed E-state index contributed by atoms with van der Waals surface area (Å²) in [5.41, 5.74) is 0.970. The van der Waals surface area contributed by atoms with Gasteiger partial charge < -0.3 is 5.32 Å². The van der Waals surface area contributed by atoms with Crippen molar-refractivity contribution in [3.63, 3.8) is 0 Å². The average Bonchev–Trinajstić information content (AvgIpc) is 2.33. The van der Waals surface area contributed by atoms with Gasteiger partial charge in [0.1, 0.15) is 0 Å². The van der Waals surface area contributed by atoms with Gasteiger partial charge in [-0.2, -0.15) is 0 Å². The fraction of sp³-hybridized carbons (Fsp3) is 0.500. The minimum absolute atomic E-state index is 0.0944. The third kappa shape index (κ3) is 4.49. The Morgan fingerprint density at radius 1 is 1.25 bits per heavy atom. The minimum atomic E-state index is -3.66. The second-order valence-electron chi connectivity index (χ2n) is 5.18. The first-order chi connectivity index (χ1) is 9.45. The van der Waals surface area contributed by atoms with Crippen molar-refractivity contribution in [3.05, 3.63) is 29.8 Å². The van der Waals surface area contributed by atoms with Crippen LogP contribution in [0, 0.1) is 5.92 Å². The number of hydrogen-bond donors (Lipinski definition) is 1. The van der Waals surface area contributed by atoms with Crippen LogP contribution in [0.5, 0.6) is 0 Å². The van der Waals surface area contributed by atoms with E-state index in [0.29, 0.717) is 25.3 Å². The van der Waals surface area contributed by atoms with E-state index in [0.717, 1.165) is 5.56 Å². The Balaban J connectivity index is 1.75. The van der Waals surface area contributed by atoms with Crippen molar-refractivity contribution in [3.8, 4) is 0 Å². The molecule has 1 N–H and O–H groups in total. The smallest absolute Gasteiger partial charge is 0.261 e. The Morgan fingerprint density at radius 2 is 1.90 bits per heavy atom. The van der Waals surface area contributed by atoms with E-state index in [-0.39, 0.29) is 10.8 Å². The molecule has 0 aliphatic heterocycles. The van der Waals surface area contributed by atoms with Crippen LogP contribution in [-0.2, 0) is 20.3 Å². The molecular weight excluding hydrogens is 298 g/mol. The third-order valence-corrected chi connectivity index (χ3v) is 5.01. The maximum atomic E-state index is 11.6. The first kappa shape index (κ1) is 15.3. The molecule has 0 radical (unpaired) electrons. The van der Waals surface area contributed by atoms with Crippen LogP contribution in [0.2, 0.25) is 0 Å². The van der Waals surface area contributed by atoms with E-state index in [1.807, 2.05) is 0 Å². The Morgan fingerprint density at radius 3 is 2.40 bits per heavy atom. The number of carbonyl (C=O) groups is 1. The molecule has 0 atom stereocenters. The Kier molecular flexibility index (Phi) is 5.05. The van der Waals surface area contributed by atoms with E-state index in [9.17, 15) is 13.2 Å². The maximum absolute atomic E-state index is 11.6. The largest absolute Gasteiger partial charge is 0.356 e. The molecule has 0 heterocycles. The van der Waals surface area contributed by atoms with Gasteiger partial charge in [0.05, 0.1) is 4.90 Å². The summed E-state index contributed by atoms with van der Waals surface area (Å²) in [6.07, 6.45) is 4.89. The molecule has 20 heavy (non-hydrogen) atoms. The summed E-state index contributed by atoms with van der Waals surface area (Å²) in [6, 6.07) is 6.39. The second kappa shape index (κ2) is 6.59. The minimum Gasteiger partial charge on any atom is -0.356 e. The molecule has 110 valence electrons. The summed E-state index contributed by atoms with van der Waals surface area (Å²) in [5, 5.41) is 2.89. The molecular formula is C14H18ClNO3S. The van der Waals surface area contributed by atoms with Crippen molar-refractivity contribution >= 4 is 25.6 Å². The highest BCUT2D eigenvalue weighted by Crippen LogP contribution is 2.29. The van der Waals surface area contributed by atoms with Gasteiger partial charge in [0.25, 0.3) is 9.05 Å². The molecule has 4 nitrogen and oxygen atoms in total. The first-order valence-electron chi connectivity index (χ1n) is 6.75. The predicted octanol–water partition coefficient (Wildman–Crippen LogP) is 2.46. The van der Waals surface area contributed by atoms with Gasteiger partial charge in [-0.3, -0.25) is 4.79 Å². The van der Waals surface area contributed by atoms with Gasteiger partial charge in [-0.05, 0) is 42.9 Å². The lowest BCUT2D eigenvalue weighted by Crippen LogP contribution is -2.29.